The van der Waals surface area contributed by atoms with Gasteiger partial charge in [-0.15, -0.1) is 0 Å². The molecule has 0 atom stereocenters. The average molecular weight is 275 g/mol. The lowest BCUT2D eigenvalue weighted by molar-refractivity contribution is -0.401. The fraction of sp³-hybridized carbons (Fsp3) is 0. The molecule has 2 aromatic rings. The Hall–Kier alpha value is -2.33. The molecular formula is C14H11ClN2O2. The van der Waals surface area contributed by atoms with Crippen LogP contribution in [0.3, 0.4) is 0 Å². The molecular weight excluding hydrogens is 264 g/mol. The summed E-state index contributed by atoms with van der Waals surface area (Å²) in [5, 5.41) is 14.3. The van der Waals surface area contributed by atoms with Crippen molar-refractivity contribution in [3.8, 4) is 0 Å². The van der Waals surface area contributed by atoms with E-state index in [0.29, 0.717) is 10.7 Å². The van der Waals surface area contributed by atoms with Gasteiger partial charge in [-0.25, -0.2) is 0 Å². The minimum atomic E-state index is -0.481. The van der Waals surface area contributed by atoms with Gasteiger partial charge in [-0.05, 0) is 24.3 Å². The van der Waals surface area contributed by atoms with Crippen LogP contribution in [0.1, 0.15) is 5.56 Å². The highest BCUT2D eigenvalue weighted by Crippen LogP contribution is 2.20. The van der Waals surface area contributed by atoms with Crippen molar-refractivity contribution in [2.24, 2.45) is 0 Å². The van der Waals surface area contributed by atoms with Crippen molar-refractivity contribution >= 4 is 23.0 Å². The minimum absolute atomic E-state index is 0.424. The third-order valence-electron chi connectivity index (χ3n) is 2.44. The number of nitrogens with one attached hydrogen (secondary N) is 1. The Labute approximate surface area is 115 Å². The van der Waals surface area contributed by atoms with Crippen LogP contribution in [0.2, 0.25) is 5.02 Å². The lowest BCUT2D eigenvalue weighted by Gasteiger charge is -2.09. The monoisotopic (exact) mass is 274 g/mol. The zero-order valence-corrected chi connectivity index (χ0v) is 10.7. The first kappa shape index (κ1) is 13.1. The van der Waals surface area contributed by atoms with Crippen LogP contribution in [-0.4, -0.2) is 4.92 Å². The summed E-state index contributed by atoms with van der Waals surface area (Å²) in [4.78, 5) is 10.2. The molecule has 0 spiro atoms. The molecule has 0 aliphatic rings. The molecule has 19 heavy (non-hydrogen) atoms. The highest BCUT2D eigenvalue weighted by Gasteiger charge is 2.06. The summed E-state index contributed by atoms with van der Waals surface area (Å²) in [7, 11) is 0. The highest BCUT2D eigenvalue weighted by molar-refractivity contribution is 6.30. The predicted molar refractivity (Wildman–Crippen MR) is 76.5 cm³/mol. The standard InChI is InChI=1S/C14H11ClN2O2/c15-12-6-8-13(9-7-12)16-14(10-17(18)19)11-4-2-1-3-5-11/h1-10,16H/b14-10+. The molecule has 0 radical (unpaired) electrons. The molecule has 0 heterocycles. The maximum absolute atomic E-state index is 10.7. The summed E-state index contributed by atoms with van der Waals surface area (Å²) >= 11 is 5.80. The second-order valence-corrected chi connectivity index (χ2v) is 4.26. The molecule has 5 heteroatoms. The van der Waals surface area contributed by atoms with E-state index in [4.69, 9.17) is 11.6 Å². The highest BCUT2D eigenvalue weighted by atomic mass is 35.5. The Morgan fingerprint density at radius 2 is 1.74 bits per heavy atom. The molecule has 1 N–H and O–H groups in total. The van der Waals surface area contributed by atoms with Gasteiger partial charge >= 0.3 is 0 Å². The van der Waals surface area contributed by atoms with Gasteiger partial charge in [-0.3, -0.25) is 10.1 Å². The molecule has 0 aliphatic carbocycles. The second kappa shape index (κ2) is 6.02. The fourth-order valence-corrected chi connectivity index (χ4v) is 1.72. The normalized spacial score (nSPS) is 11.1. The first-order valence-corrected chi connectivity index (χ1v) is 5.96. The molecule has 4 nitrogen and oxygen atoms in total. The lowest BCUT2D eigenvalue weighted by atomic mass is 10.1. The van der Waals surface area contributed by atoms with Crippen LogP contribution in [0, 0.1) is 10.1 Å². The number of anilines is 1. The molecule has 0 unspecified atom stereocenters. The van der Waals surface area contributed by atoms with Crippen LogP contribution in [0.5, 0.6) is 0 Å². The largest absolute Gasteiger partial charge is 0.350 e. The molecule has 96 valence electrons. The SMILES string of the molecule is O=[N+]([O-])/C=C(/Nc1ccc(Cl)cc1)c1ccccc1. The van der Waals surface area contributed by atoms with Gasteiger partial charge in [0.05, 0.1) is 4.92 Å². The van der Waals surface area contributed by atoms with Crippen LogP contribution in [0.25, 0.3) is 5.70 Å². The van der Waals surface area contributed by atoms with Crippen LogP contribution in [0.4, 0.5) is 5.69 Å². The number of nitro groups is 1. The molecule has 2 rings (SSSR count). The average Bonchev–Trinajstić information content (AvgIpc) is 2.41. The topological polar surface area (TPSA) is 55.2 Å². The van der Waals surface area contributed by atoms with Gasteiger partial charge in [0.2, 0.25) is 0 Å². The van der Waals surface area contributed by atoms with Crippen molar-refractivity contribution in [3.05, 3.63) is 81.5 Å². The Kier molecular flexibility index (Phi) is 4.15. The first-order valence-electron chi connectivity index (χ1n) is 5.58. The van der Waals surface area contributed by atoms with E-state index in [2.05, 4.69) is 5.32 Å². The summed E-state index contributed by atoms with van der Waals surface area (Å²) in [5.41, 5.74) is 1.91. The third-order valence-corrected chi connectivity index (χ3v) is 2.69. The molecule has 0 aliphatic heterocycles. The number of rotatable bonds is 4. The number of hydrogen-bond donors (Lipinski definition) is 1. The third kappa shape index (κ3) is 3.82. The molecule has 0 bridgehead atoms. The summed E-state index contributed by atoms with van der Waals surface area (Å²) in [6.07, 6.45) is 0.948. The van der Waals surface area contributed by atoms with Crippen molar-refractivity contribution in [3.63, 3.8) is 0 Å². The second-order valence-electron chi connectivity index (χ2n) is 3.83. The van der Waals surface area contributed by atoms with E-state index in [1.807, 2.05) is 18.2 Å². The van der Waals surface area contributed by atoms with E-state index in [-0.39, 0.29) is 0 Å². The molecule has 0 aromatic heterocycles. The number of nitrogens with zero attached hydrogens (tertiary/aromatic N) is 1. The van der Waals surface area contributed by atoms with E-state index < -0.39 is 4.92 Å². The van der Waals surface area contributed by atoms with Crippen molar-refractivity contribution in [1.82, 2.24) is 0 Å². The summed E-state index contributed by atoms with van der Waals surface area (Å²) in [6.45, 7) is 0. The quantitative estimate of drug-likeness (QED) is 0.676. The Bertz CT molecular complexity index is 595. The van der Waals surface area contributed by atoms with Gasteiger partial charge in [0, 0.05) is 16.3 Å². The maximum Gasteiger partial charge on any atom is 0.258 e. The van der Waals surface area contributed by atoms with E-state index in [9.17, 15) is 10.1 Å². The van der Waals surface area contributed by atoms with Gasteiger partial charge in [0.1, 0.15) is 5.70 Å². The number of benzene rings is 2. The summed E-state index contributed by atoms with van der Waals surface area (Å²) in [5.74, 6) is 0. The molecule has 2 aromatic carbocycles. The van der Waals surface area contributed by atoms with Crippen molar-refractivity contribution in [2.45, 2.75) is 0 Å². The van der Waals surface area contributed by atoms with Gasteiger partial charge in [-0.2, -0.15) is 0 Å². The summed E-state index contributed by atoms with van der Waals surface area (Å²) in [6, 6.07) is 16.1. The Morgan fingerprint density at radius 1 is 1.11 bits per heavy atom. The maximum atomic E-state index is 10.7. The van der Waals surface area contributed by atoms with Crippen LogP contribution < -0.4 is 5.32 Å². The Morgan fingerprint density at radius 3 is 2.32 bits per heavy atom. The van der Waals surface area contributed by atoms with Gasteiger partial charge in [0.15, 0.2) is 0 Å². The van der Waals surface area contributed by atoms with Crippen molar-refractivity contribution in [2.75, 3.05) is 5.32 Å². The zero-order valence-electron chi connectivity index (χ0n) is 9.92. The molecule has 0 saturated heterocycles. The van der Waals surface area contributed by atoms with Gasteiger partial charge < -0.3 is 5.32 Å². The smallest absolute Gasteiger partial charge is 0.258 e. The number of halogens is 1. The van der Waals surface area contributed by atoms with E-state index in [0.717, 1.165) is 17.5 Å². The molecule has 0 amide bonds. The minimum Gasteiger partial charge on any atom is -0.350 e. The first-order chi connectivity index (χ1) is 9.15. The van der Waals surface area contributed by atoms with E-state index >= 15 is 0 Å². The van der Waals surface area contributed by atoms with Gasteiger partial charge in [-0.1, -0.05) is 41.9 Å². The predicted octanol–water partition coefficient (Wildman–Crippen LogP) is 4.03. The van der Waals surface area contributed by atoms with Crippen LogP contribution in [0.15, 0.2) is 60.8 Å². The lowest BCUT2D eigenvalue weighted by Crippen LogP contribution is -2.01. The van der Waals surface area contributed by atoms with E-state index in [1.54, 1.807) is 36.4 Å². The van der Waals surface area contributed by atoms with Crippen molar-refractivity contribution < 1.29 is 4.92 Å². The van der Waals surface area contributed by atoms with Crippen molar-refractivity contribution in [1.29, 1.82) is 0 Å². The van der Waals surface area contributed by atoms with Gasteiger partial charge in [0.25, 0.3) is 6.20 Å². The zero-order chi connectivity index (χ0) is 13.7. The number of hydrogen-bond acceptors (Lipinski definition) is 3. The fourth-order valence-electron chi connectivity index (χ4n) is 1.59. The van der Waals surface area contributed by atoms with Crippen LogP contribution in [-0.2, 0) is 0 Å². The Balaban J connectivity index is 2.30. The molecule has 0 saturated carbocycles. The van der Waals surface area contributed by atoms with E-state index in [1.165, 1.54) is 0 Å². The van der Waals surface area contributed by atoms with Crippen LogP contribution >= 0.6 is 11.6 Å². The molecule has 0 fully saturated rings. The summed E-state index contributed by atoms with van der Waals surface area (Å²) < 4.78 is 0.